The van der Waals surface area contributed by atoms with Crippen LogP contribution in [0, 0.1) is 0 Å². The Morgan fingerprint density at radius 2 is 1.67 bits per heavy atom. The first kappa shape index (κ1) is 29.6. The first-order valence-electron chi connectivity index (χ1n) is 12.8. The van der Waals surface area contributed by atoms with Crippen LogP contribution in [0.15, 0.2) is 83.8 Å². The van der Waals surface area contributed by atoms with Crippen molar-refractivity contribution in [2.24, 2.45) is 0 Å². The molecule has 1 aliphatic heterocycles. The first-order valence-corrected chi connectivity index (χ1v) is 14.6. The molecule has 1 aliphatic rings. The van der Waals surface area contributed by atoms with Gasteiger partial charge >= 0.3 is 6.18 Å². The zero-order valence-corrected chi connectivity index (χ0v) is 23.2. The molecule has 5 nitrogen and oxygen atoms in total. The summed E-state index contributed by atoms with van der Waals surface area (Å²) in [4.78, 5) is 2.38. The maximum atomic E-state index is 13.2. The highest BCUT2D eigenvalue weighted by Crippen LogP contribution is 2.37. The standard InChI is InChI=1S/C29H32ClF3N2O3S/c1-34(39(37,38)27-11-3-2-4-12-27)21-23(22-7-5-10-26(30)19-22)13-16-35-17-14-28(36,15-18-35)24-8-6-9-25(20-24)29(31,32)33/h2-12,19-20,23,36H,13-18,21H2,1H3/t23-/m1/s1. The van der Waals surface area contributed by atoms with Gasteiger partial charge < -0.3 is 10.0 Å². The Kier molecular flexibility index (Phi) is 9.08. The molecule has 4 rings (SSSR count). The Labute approximate surface area is 232 Å². The second kappa shape index (κ2) is 12.0. The van der Waals surface area contributed by atoms with Gasteiger partial charge in [0.05, 0.1) is 16.1 Å². The Balaban J connectivity index is 1.44. The molecule has 1 fully saturated rings. The summed E-state index contributed by atoms with van der Waals surface area (Å²) in [5, 5.41) is 11.7. The lowest BCUT2D eigenvalue weighted by Gasteiger charge is -2.39. The summed E-state index contributed by atoms with van der Waals surface area (Å²) in [6, 6.07) is 20.6. The number of likely N-dealkylation sites (tertiary alicyclic amines) is 1. The van der Waals surface area contributed by atoms with Gasteiger partial charge in [0.2, 0.25) is 10.0 Å². The fraction of sp³-hybridized carbons (Fsp3) is 0.379. The molecule has 0 unspecified atom stereocenters. The number of piperidine rings is 1. The summed E-state index contributed by atoms with van der Waals surface area (Å²) in [6.07, 6.45) is -3.22. The molecule has 0 saturated carbocycles. The van der Waals surface area contributed by atoms with Crippen LogP contribution in [0.5, 0.6) is 0 Å². The van der Waals surface area contributed by atoms with Crippen LogP contribution in [0.25, 0.3) is 0 Å². The van der Waals surface area contributed by atoms with E-state index in [1.807, 2.05) is 18.2 Å². The quantitative estimate of drug-likeness (QED) is 0.330. The van der Waals surface area contributed by atoms with Gasteiger partial charge in [0.25, 0.3) is 0 Å². The van der Waals surface area contributed by atoms with E-state index in [9.17, 15) is 26.7 Å². The van der Waals surface area contributed by atoms with Crippen LogP contribution >= 0.6 is 11.6 Å². The number of hydrogen-bond acceptors (Lipinski definition) is 4. The number of benzene rings is 3. The third-order valence-electron chi connectivity index (χ3n) is 7.45. The molecule has 10 heteroatoms. The van der Waals surface area contributed by atoms with Crippen molar-refractivity contribution in [3.05, 3.63) is 101 Å². The summed E-state index contributed by atoms with van der Waals surface area (Å²) in [5.74, 6) is -0.142. The minimum absolute atomic E-state index is 0.142. The topological polar surface area (TPSA) is 60.9 Å². The van der Waals surface area contributed by atoms with Gasteiger partial charge in [-0.05, 0) is 79.3 Å². The van der Waals surface area contributed by atoms with E-state index in [-0.39, 0.29) is 22.9 Å². The molecule has 0 aromatic heterocycles. The molecule has 0 spiro atoms. The number of rotatable bonds is 9. The molecule has 0 radical (unpaired) electrons. The Bertz CT molecular complexity index is 1360. The normalized spacial score (nSPS) is 17.3. The van der Waals surface area contributed by atoms with Crippen LogP contribution < -0.4 is 0 Å². The molecule has 1 atom stereocenters. The number of hydrogen-bond donors (Lipinski definition) is 1. The summed E-state index contributed by atoms with van der Waals surface area (Å²) < 4.78 is 67.2. The van der Waals surface area contributed by atoms with Gasteiger partial charge in [0, 0.05) is 31.7 Å². The van der Waals surface area contributed by atoms with E-state index in [1.165, 1.54) is 10.4 Å². The molecule has 1 saturated heterocycles. The summed E-state index contributed by atoms with van der Waals surface area (Å²) >= 11 is 6.25. The fourth-order valence-corrected chi connectivity index (χ4v) is 6.50. The number of likely N-dealkylation sites (N-methyl/N-ethyl adjacent to an activating group) is 1. The second-order valence-corrected chi connectivity index (χ2v) is 12.6. The van der Waals surface area contributed by atoms with Crippen LogP contribution in [-0.4, -0.2) is 56.0 Å². The van der Waals surface area contributed by atoms with Gasteiger partial charge in [-0.25, -0.2) is 12.7 Å². The van der Waals surface area contributed by atoms with E-state index in [1.54, 1.807) is 49.5 Å². The lowest BCUT2D eigenvalue weighted by Crippen LogP contribution is -2.43. The lowest BCUT2D eigenvalue weighted by atomic mass is 9.83. The number of nitrogens with zero attached hydrogens (tertiary/aromatic N) is 2. The Morgan fingerprint density at radius 3 is 2.31 bits per heavy atom. The zero-order valence-electron chi connectivity index (χ0n) is 21.6. The van der Waals surface area contributed by atoms with Crippen LogP contribution in [-0.2, 0) is 21.8 Å². The second-order valence-electron chi connectivity index (χ2n) is 10.1. The molecule has 39 heavy (non-hydrogen) atoms. The summed E-state index contributed by atoms with van der Waals surface area (Å²) in [7, 11) is -2.12. The summed E-state index contributed by atoms with van der Waals surface area (Å²) in [5.41, 5.74) is -0.889. The molecule has 0 bridgehead atoms. The SMILES string of the molecule is CN(C[C@@H](CCN1CCC(O)(c2cccc(C(F)(F)F)c2)CC1)c1cccc(Cl)c1)S(=O)(=O)c1ccccc1. The number of aliphatic hydroxyl groups is 1. The van der Waals surface area contributed by atoms with Crippen molar-refractivity contribution in [2.75, 3.05) is 33.2 Å². The van der Waals surface area contributed by atoms with E-state index >= 15 is 0 Å². The minimum Gasteiger partial charge on any atom is -0.385 e. The van der Waals surface area contributed by atoms with Gasteiger partial charge in [0.1, 0.15) is 0 Å². The highest BCUT2D eigenvalue weighted by molar-refractivity contribution is 7.89. The van der Waals surface area contributed by atoms with Crippen molar-refractivity contribution < 1.29 is 26.7 Å². The van der Waals surface area contributed by atoms with Crippen LogP contribution in [0.2, 0.25) is 5.02 Å². The Morgan fingerprint density at radius 1 is 1.00 bits per heavy atom. The first-order chi connectivity index (χ1) is 18.4. The van der Waals surface area contributed by atoms with E-state index in [0.717, 1.165) is 17.7 Å². The zero-order chi connectivity index (χ0) is 28.3. The van der Waals surface area contributed by atoms with Crippen molar-refractivity contribution in [1.29, 1.82) is 0 Å². The highest BCUT2D eigenvalue weighted by atomic mass is 35.5. The van der Waals surface area contributed by atoms with Gasteiger partial charge in [0.15, 0.2) is 0 Å². The Hall–Kier alpha value is -2.43. The average Bonchev–Trinajstić information content (AvgIpc) is 2.92. The summed E-state index contributed by atoms with van der Waals surface area (Å²) in [6.45, 7) is 1.90. The van der Waals surface area contributed by atoms with Crippen molar-refractivity contribution in [3.8, 4) is 0 Å². The predicted molar refractivity (Wildman–Crippen MR) is 146 cm³/mol. The largest absolute Gasteiger partial charge is 0.416 e. The van der Waals surface area contributed by atoms with Gasteiger partial charge in [-0.1, -0.05) is 54.1 Å². The van der Waals surface area contributed by atoms with E-state index < -0.39 is 27.4 Å². The highest BCUT2D eigenvalue weighted by Gasteiger charge is 2.37. The molecule has 3 aromatic carbocycles. The van der Waals surface area contributed by atoms with Crippen molar-refractivity contribution in [2.45, 2.75) is 41.9 Å². The average molecular weight is 581 g/mol. The maximum Gasteiger partial charge on any atom is 0.416 e. The molecular formula is C29H32ClF3N2O3S. The predicted octanol–water partition coefficient (Wildman–Crippen LogP) is 6.14. The van der Waals surface area contributed by atoms with Crippen LogP contribution in [0.1, 0.15) is 41.9 Å². The van der Waals surface area contributed by atoms with Crippen LogP contribution in [0.4, 0.5) is 13.2 Å². The van der Waals surface area contributed by atoms with E-state index in [4.69, 9.17) is 11.6 Å². The molecule has 3 aromatic rings. The number of halogens is 4. The number of alkyl halides is 3. The fourth-order valence-electron chi connectivity index (χ4n) is 5.06. The third kappa shape index (κ3) is 7.21. The van der Waals surface area contributed by atoms with Crippen LogP contribution in [0.3, 0.4) is 0 Å². The van der Waals surface area contributed by atoms with E-state index in [0.29, 0.717) is 43.9 Å². The molecule has 1 heterocycles. The maximum absolute atomic E-state index is 13.2. The number of sulfonamides is 1. The smallest absolute Gasteiger partial charge is 0.385 e. The lowest BCUT2D eigenvalue weighted by molar-refractivity contribution is -0.137. The molecule has 1 N–H and O–H groups in total. The van der Waals surface area contributed by atoms with Gasteiger partial charge in [-0.15, -0.1) is 0 Å². The minimum atomic E-state index is -4.47. The van der Waals surface area contributed by atoms with Crippen molar-refractivity contribution >= 4 is 21.6 Å². The third-order valence-corrected chi connectivity index (χ3v) is 9.53. The monoisotopic (exact) mass is 580 g/mol. The molecule has 0 aliphatic carbocycles. The van der Waals surface area contributed by atoms with E-state index in [2.05, 4.69) is 4.90 Å². The van der Waals surface area contributed by atoms with Crippen molar-refractivity contribution in [1.82, 2.24) is 9.21 Å². The van der Waals surface area contributed by atoms with Gasteiger partial charge in [-0.3, -0.25) is 0 Å². The van der Waals surface area contributed by atoms with Gasteiger partial charge in [-0.2, -0.15) is 13.2 Å². The molecule has 0 amide bonds. The molecular weight excluding hydrogens is 549 g/mol. The molecule has 210 valence electrons. The van der Waals surface area contributed by atoms with Crippen molar-refractivity contribution in [3.63, 3.8) is 0 Å².